The predicted octanol–water partition coefficient (Wildman–Crippen LogP) is 3.18. The summed E-state index contributed by atoms with van der Waals surface area (Å²) >= 11 is 12.2. The van der Waals surface area contributed by atoms with E-state index in [1.165, 1.54) is 0 Å². The number of hydrogen-bond acceptors (Lipinski definition) is 2. The van der Waals surface area contributed by atoms with Crippen molar-refractivity contribution in [2.75, 3.05) is 18.0 Å². The van der Waals surface area contributed by atoms with Crippen LogP contribution in [0.15, 0.2) is 18.2 Å². The van der Waals surface area contributed by atoms with Gasteiger partial charge in [-0.15, -0.1) is 0 Å². The van der Waals surface area contributed by atoms with E-state index in [0.717, 1.165) is 23.8 Å². The summed E-state index contributed by atoms with van der Waals surface area (Å²) in [5, 5.41) is 4.82. The molecule has 1 aromatic rings. The molecule has 2 unspecified atom stereocenters. The lowest BCUT2D eigenvalue weighted by Crippen LogP contribution is -2.55. The fourth-order valence-electron chi connectivity index (χ4n) is 2.30. The first-order valence-corrected chi connectivity index (χ1v) is 6.29. The maximum atomic E-state index is 6.25. The highest BCUT2D eigenvalue weighted by atomic mass is 35.5. The summed E-state index contributed by atoms with van der Waals surface area (Å²) in [6.07, 6.45) is 0. The van der Waals surface area contributed by atoms with Gasteiger partial charge < -0.3 is 10.2 Å². The van der Waals surface area contributed by atoms with E-state index < -0.39 is 0 Å². The second-order valence-corrected chi connectivity index (χ2v) is 5.20. The summed E-state index contributed by atoms with van der Waals surface area (Å²) in [5.41, 5.74) is 1.08. The van der Waals surface area contributed by atoms with Gasteiger partial charge in [0.1, 0.15) is 0 Å². The van der Waals surface area contributed by atoms with Crippen LogP contribution < -0.4 is 10.2 Å². The minimum Gasteiger partial charge on any atom is -0.362 e. The van der Waals surface area contributed by atoms with E-state index in [9.17, 15) is 0 Å². The van der Waals surface area contributed by atoms with E-state index in [1.807, 2.05) is 12.1 Å². The number of rotatable bonds is 1. The van der Waals surface area contributed by atoms with Crippen LogP contribution >= 0.6 is 23.2 Å². The molecule has 0 bridgehead atoms. The van der Waals surface area contributed by atoms with Crippen LogP contribution in [0.3, 0.4) is 0 Å². The highest BCUT2D eigenvalue weighted by Crippen LogP contribution is 2.32. The Morgan fingerprint density at radius 3 is 2.38 bits per heavy atom. The molecule has 4 heteroatoms. The quantitative estimate of drug-likeness (QED) is 0.833. The van der Waals surface area contributed by atoms with Gasteiger partial charge in [-0.05, 0) is 32.0 Å². The Bertz CT molecular complexity index is 371. The van der Waals surface area contributed by atoms with E-state index in [4.69, 9.17) is 23.2 Å². The molecule has 2 nitrogen and oxygen atoms in total. The average molecular weight is 259 g/mol. The first-order valence-electron chi connectivity index (χ1n) is 5.53. The fraction of sp³-hybridized carbons (Fsp3) is 0.500. The van der Waals surface area contributed by atoms with Crippen LogP contribution in [-0.4, -0.2) is 25.2 Å². The lowest BCUT2D eigenvalue weighted by atomic mass is 10.1. The Kier molecular flexibility index (Phi) is 3.63. The van der Waals surface area contributed by atoms with Crippen LogP contribution in [-0.2, 0) is 0 Å². The maximum absolute atomic E-state index is 6.25. The highest BCUT2D eigenvalue weighted by molar-refractivity contribution is 6.36. The largest absolute Gasteiger partial charge is 0.362 e. The Labute approximate surface area is 107 Å². The lowest BCUT2D eigenvalue weighted by molar-refractivity contribution is 0.432. The fourth-order valence-corrected chi connectivity index (χ4v) is 2.80. The molecule has 1 fully saturated rings. The molecular weight excluding hydrogens is 243 g/mol. The van der Waals surface area contributed by atoms with Gasteiger partial charge in [-0.1, -0.05) is 23.2 Å². The zero-order chi connectivity index (χ0) is 11.7. The van der Waals surface area contributed by atoms with Crippen LogP contribution in [0.4, 0.5) is 5.69 Å². The molecule has 1 saturated heterocycles. The first kappa shape index (κ1) is 12.0. The number of benzene rings is 1. The normalized spacial score (nSPS) is 25.9. The first-order chi connectivity index (χ1) is 7.59. The minimum absolute atomic E-state index is 0.447. The summed E-state index contributed by atoms with van der Waals surface area (Å²) < 4.78 is 0. The summed E-state index contributed by atoms with van der Waals surface area (Å²) in [4.78, 5) is 2.36. The van der Waals surface area contributed by atoms with Crippen molar-refractivity contribution in [1.82, 2.24) is 5.32 Å². The van der Waals surface area contributed by atoms with Crippen molar-refractivity contribution in [1.29, 1.82) is 0 Å². The zero-order valence-electron chi connectivity index (χ0n) is 9.50. The van der Waals surface area contributed by atoms with Gasteiger partial charge in [0.2, 0.25) is 0 Å². The van der Waals surface area contributed by atoms with Crippen LogP contribution in [0.25, 0.3) is 0 Å². The number of halogens is 2. The smallest absolute Gasteiger partial charge is 0.0654 e. The van der Waals surface area contributed by atoms with Gasteiger partial charge >= 0.3 is 0 Å². The van der Waals surface area contributed by atoms with Gasteiger partial charge in [-0.2, -0.15) is 0 Å². The van der Waals surface area contributed by atoms with Crippen molar-refractivity contribution >= 4 is 28.9 Å². The van der Waals surface area contributed by atoms with Crippen molar-refractivity contribution in [2.45, 2.75) is 25.9 Å². The molecule has 0 saturated carbocycles. The molecular formula is C12H16Cl2N2. The Morgan fingerprint density at radius 1 is 1.19 bits per heavy atom. The third-order valence-electron chi connectivity index (χ3n) is 3.02. The van der Waals surface area contributed by atoms with Gasteiger partial charge in [0, 0.05) is 30.2 Å². The second kappa shape index (κ2) is 4.82. The molecule has 88 valence electrons. The van der Waals surface area contributed by atoms with Crippen LogP contribution in [0.1, 0.15) is 13.8 Å². The molecule has 2 atom stereocenters. The number of anilines is 1. The van der Waals surface area contributed by atoms with Gasteiger partial charge in [0.15, 0.2) is 0 Å². The van der Waals surface area contributed by atoms with E-state index in [2.05, 4.69) is 24.1 Å². The Balaban J connectivity index is 2.34. The average Bonchev–Trinajstić information content (AvgIpc) is 2.20. The standard InChI is InChI=1S/C12H16Cl2N2/c1-8-6-15-7-9(2)16(8)12-4-3-10(13)5-11(12)14/h3-5,8-9,15H,6-7H2,1-2H3. The van der Waals surface area contributed by atoms with Gasteiger partial charge in [0.25, 0.3) is 0 Å². The van der Waals surface area contributed by atoms with E-state index in [-0.39, 0.29) is 0 Å². The molecule has 1 aliphatic heterocycles. The Morgan fingerprint density at radius 2 is 1.81 bits per heavy atom. The van der Waals surface area contributed by atoms with Gasteiger partial charge in [-0.25, -0.2) is 0 Å². The molecule has 1 N–H and O–H groups in total. The van der Waals surface area contributed by atoms with Gasteiger partial charge in [-0.3, -0.25) is 0 Å². The molecule has 0 radical (unpaired) electrons. The third kappa shape index (κ3) is 2.29. The van der Waals surface area contributed by atoms with E-state index >= 15 is 0 Å². The van der Waals surface area contributed by atoms with Crippen molar-refractivity contribution in [3.8, 4) is 0 Å². The number of nitrogens with zero attached hydrogens (tertiary/aromatic N) is 1. The van der Waals surface area contributed by atoms with Crippen molar-refractivity contribution in [3.05, 3.63) is 28.2 Å². The van der Waals surface area contributed by atoms with Crippen molar-refractivity contribution in [3.63, 3.8) is 0 Å². The summed E-state index contributed by atoms with van der Waals surface area (Å²) in [5.74, 6) is 0. The molecule has 0 aliphatic carbocycles. The SMILES string of the molecule is CC1CNCC(C)N1c1ccc(Cl)cc1Cl. The topological polar surface area (TPSA) is 15.3 Å². The van der Waals surface area contributed by atoms with Crippen LogP contribution in [0.2, 0.25) is 10.0 Å². The van der Waals surface area contributed by atoms with E-state index in [0.29, 0.717) is 17.1 Å². The molecule has 1 heterocycles. The molecule has 16 heavy (non-hydrogen) atoms. The van der Waals surface area contributed by atoms with Gasteiger partial charge in [0.05, 0.1) is 10.7 Å². The summed E-state index contributed by atoms with van der Waals surface area (Å²) in [7, 11) is 0. The minimum atomic E-state index is 0.447. The number of nitrogens with one attached hydrogen (secondary N) is 1. The molecule has 0 spiro atoms. The summed E-state index contributed by atoms with van der Waals surface area (Å²) in [6.45, 7) is 6.38. The maximum Gasteiger partial charge on any atom is 0.0654 e. The number of hydrogen-bond donors (Lipinski definition) is 1. The molecule has 1 aromatic carbocycles. The van der Waals surface area contributed by atoms with Crippen molar-refractivity contribution in [2.24, 2.45) is 0 Å². The van der Waals surface area contributed by atoms with Crippen molar-refractivity contribution < 1.29 is 0 Å². The highest BCUT2D eigenvalue weighted by Gasteiger charge is 2.25. The van der Waals surface area contributed by atoms with Crippen LogP contribution in [0.5, 0.6) is 0 Å². The molecule has 2 rings (SSSR count). The Hall–Kier alpha value is -0.440. The molecule has 0 amide bonds. The molecule has 1 aliphatic rings. The summed E-state index contributed by atoms with van der Waals surface area (Å²) in [6, 6.07) is 6.59. The lowest BCUT2D eigenvalue weighted by Gasteiger charge is -2.41. The van der Waals surface area contributed by atoms with Crippen LogP contribution in [0, 0.1) is 0 Å². The monoisotopic (exact) mass is 258 g/mol. The predicted molar refractivity (Wildman–Crippen MR) is 70.7 cm³/mol. The molecule has 0 aromatic heterocycles. The second-order valence-electron chi connectivity index (χ2n) is 4.36. The van der Waals surface area contributed by atoms with E-state index in [1.54, 1.807) is 6.07 Å². The number of piperazine rings is 1. The third-order valence-corrected chi connectivity index (χ3v) is 3.55. The zero-order valence-corrected chi connectivity index (χ0v) is 11.0.